The van der Waals surface area contributed by atoms with Gasteiger partial charge in [0, 0.05) is 11.5 Å². The van der Waals surface area contributed by atoms with E-state index in [1.165, 1.54) is 31.7 Å². The zero-order valence-electron chi connectivity index (χ0n) is 17.2. The molecule has 0 bridgehead atoms. The molecule has 2 fully saturated rings. The number of rotatable bonds is 1. The van der Waals surface area contributed by atoms with Crippen molar-refractivity contribution in [2.45, 2.75) is 50.9 Å². The lowest BCUT2D eigenvalue weighted by Crippen LogP contribution is -3.26. The maximum atomic E-state index is 6.68. The molecule has 3 heterocycles. The van der Waals surface area contributed by atoms with E-state index in [9.17, 15) is 0 Å². The van der Waals surface area contributed by atoms with E-state index in [1.807, 2.05) is 6.07 Å². The molecule has 1 aromatic rings. The molecule has 3 aliphatic rings. The fourth-order valence-electron chi connectivity index (χ4n) is 4.82. The number of fused-ring (bicyclic) bond motifs is 3. The number of nitrogens with one attached hydrogen (secondary N) is 2. The first-order valence-corrected chi connectivity index (χ1v) is 10.5. The van der Waals surface area contributed by atoms with Gasteiger partial charge in [0.25, 0.3) is 0 Å². The van der Waals surface area contributed by atoms with Crippen LogP contribution in [0.3, 0.4) is 0 Å². The highest BCUT2D eigenvalue weighted by Gasteiger charge is 2.49. The maximum Gasteiger partial charge on any atom is 0.139 e. The molecule has 0 spiro atoms. The van der Waals surface area contributed by atoms with Crippen LogP contribution < -0.4 is 14.5 Å². The van der Waals surface area contributed by atoms with Crippen LogP contribution in [0.25, 0.3) is 0 Å². The number of hydrogen-bond acceptors (Lipinski definition) is 2. The van der Waals surface area contributed by atoms with Gasteiger partial charge in [-0.3, -0.25) is 0 Å². The molecule has 2 N–H and O–H groups in total. The van der Waals surface area contributed by atoms with E-state index in [0.717, 1.165) is 25.1 Å². The highest BCUT2D eigenvalue weighted by atomic mass is 16.5. The summed E-state index contributed by atoms with van der Waals surface area (Å²) in [6.07, 6.45) is 2.12. The van der Waals surface area contributed by atoms with Crippen LogP contribution in [0.1, 0.15) is 45.3 Å². The molecule has 0 aliphatic carbocycles. The van der Waals surface area contributed by atoms with Gasteiger partial charge in [0.15, 0.2) is 0 Å². The second kappa shape index (κ2) is 7.13. The van der Waals surface area contributed by atoms with Gasteiger partial charge in [-0.15, -0.1) is 0 Å². The summed E-state index contributed by atoms with van der Waals surface area (Å²) in [4.78, 5) is 3.25. The summed E-state index contributed by atoms with van der Waals surface area (Å²) in [6.45, 7) is 12.4. The molecule has 0 aromatic heterocycles. The third-order valence-electron chi connectivity index (χ3n) is 6.68. The van der Waals surface area contributed by atoms with E-state index in [4.69, 9.17) is 9.47 Å². The molecule has 0 radical (unpaired) electrons. The fourth-order valence-corrected chi connectivity index (χ4v) is 4.82. The first-order valence-electron chi connectivity index (χ1n) is 10.5. The van der Waals surface area contributed by atoms with Gasteiger partial charge in [-0.25, -0.2) is 0 Å². The number of benzene rings is 1. The van der Waals surface area contributed by atoms with Gasteiger partial charge < -0.3 is 19.3 Å². The number of quaternary nitrogens is 2. The van der Waals surface area contributed by atoms with Crippen LogP contribution in [-0.4, -0.2) is 51.0 Å². The van der Waals surface area contributed by atoms with Crippen LogP contribution in [0.5, 0.6) is 5.75 Å². The fraction of sp³-hybridized carbons (Fsp3) is 0.652. The molecule has 146 valence electrons. The Morgan fingerprint density at radius 2 is 1.85 bits per heavy atom. The average molecular weight is 371 g/mol. The van der Waals surface area contributed by atoms with E-state index >= 15 is 0 Å². The van der Waals surface area contributed by atoms with E-state index in [1.54, 1.807) is 9.80 Å². The van der Waals surface area contributed by atoms with Crippen LogP contribution in [-0.2, 0) is 4.74 Å². The Morgan fingerprint density at radius 3 is 2.63 bits per heavy atom. The molecule has 0 saturated carbocycles. The molecule has 2 saturated heterocycles. The van der Waals surface area contributed by atoms with Crippen LogP contribution in [0.2, 0.25) is 0 Å². The van der Waals surface area contributed by atoms with Gasteiger partial charge in [0.05, 0.1) is 13.2 Å². The third kappa shape index (κ3) is 3.87. The van der Waals surface area contributed by atoms with Crippen molar-refractivity contribution in [3.05, 3.63) is 29.8 Å². The first-order chi connectivity index (χ1) is 12.9. The lowest BCUT2D eigenvalue weighted by atomic mass is 9.73. The summed E-state index contributed by atoms with van der Waals surface area (Å²) in [5, 5.41) is 0. The highest BCUT2D eigenvalue weighted by molar-refractivity contribution is 5.39. The molecule has 27 heavy (non-hydrogen) atoms. The van der Waals surface area contributed by atoms with Crippen molar-refractivity contribution in [1.82, 2.24) is 0 Å². The van der Waals surface area contributed by atoms with E-state index in [2.05, 4.69) is 57.9 Å². The number of hydrogen-bond donors (Lipinski definition) is 2. The van der Waals surface area contributed by atoms with Crippen LogP contribution in [0, 0.1) is 17.8 Å². The summed E-state index contributed by atoms with van der Waals surface area (Å²) in [5.41, 5.74) is 0.612. The SMILES string of the molecule is C[NH+]1CC[NH+](CC#C[C@@]2(C)CC[C@H]3[C@H](O2)c2ccccc2OC3(C)C)CC1. The van der Waals surface area contributed by atoms with Crippen molar-refractivity contribution < 1.29 is 19.3 Å². The monoisotopic (exact) mass is 370 g/mol. The minimum atomic E-state index is -0.362. The molecular weight excluding hydrogens is 336 g/mol. The van der Waals surface area contributed by atoms with Crippen molar-refractivity contribution in [1.29, 1.82) is 0 Å². The molecular formula is C23H34N2O2+2. The first kappa shape index (κ1) is 18.8. The van der Waals surface area contributed by atoms with E-state index < -0.39 is 0 Å². The summed E-state index contributed by atoms with van der Waals surface area (Å²) in [5.74, 6) is 8.31. The van der Waals surface area contributed by atoms with Crippen molar-refractivity contribution in [3.8, 4) is 17.6 Å². The van der Waals surface area contributed by atoms with Crippen LogP contribution in [0.15, 0.2) is 24.3 Å². The van der Waals surface area contributed by atoms with E-state index in [-0.39, 0.29) is 17.3 Å². The third-order valence-corrected chi connectivity index (χ3v) is 6.68. The number of ether oxygens (including phenoxy) is 2. The minimum absolute atomic E-state index is 0.0672. The maximum absolute atomic E-state index is 6.68. The molecule has 1 aromatic carbocycles. The van der Waals surface area contributed by atoms with Gasteiger partial charge in [0.2, 0.25) is 0 Å². The van der Waals surface area contributed by atoms with Crippen molar-refractivity contribution in [3.63, 3.8) is 0 Å². The number of likely N-dealkylation sites (N-methyl/N-ethyl adjacent to an activating group) is 1. The van der Waals surface area contributed by atoms with Gasteiger partial charge in [-0.1, -0.05) is 24.1 Å². The Labute approximate surface area is 163 Å². The summed E-state index contributed by atoms with van der Waals surface area (Å²) in [6, 6.07) is 8.33. The minimum Gasteiger partial charge on any atom is -0.487 e. The summed E-state index contributed by atoms with van der Waals surface area (Å²) < 4.78 is 13.0. The molecule has 3 aliphatic heterocycles. The lowest BCUT2D eigenvalue weighted by Gasteiger charge is -2.50. The van der Waals surface area contributed by atoms with Gasteiger partial charge in [0.1, 0.15) is 49.7 Å². The van der Waals surface area contributed by atoms with Gasteiger partial charge >= 0.3 is 0 Å². The van der Waals surface area contributed by atoms with Crippen molar-refractivity contribution >= 4 is 0 Å². The average Bonchev–Trinajstić information content (AvgIpc) is 2.63. The predicted octanol–water partition coefficient (Wildman–Crippen LogP) is 0.501. The zero-order chi connectivity index (χ0) is 19.1. The largest absolute Gasteiger partial charge is 0.487 e. The van der Waals surface area contributed by atoms with E-state index in [0.29, 0.717) is 5.92 Å². The zero-order valence-corrected chi connectivity index (χ0v) is 17.2. The Morgan fingerprint density at radius 1 is 1.11 bits per heavy atom. The molecule has 4 rings (SSSR count). The lowest BCUT2D eigenvalue weighted by molar-refractivity contribution is -1.000. The van der Waals surface area contributed by atoms with Gasteiger partial charge in [-0.05, 0) is 45.6 Å². The molecule has 4 nitrogen and oxygen atoms in total. The quantitative estimate of drug-likeness (QED) is 0.705. The Kier molecular flexibility index (Phi) is 4.96. The Balaban J connectivity index is 1.49. The standard InChI is InChI=1S/C23H32N2O2/c1-22(2)19-10-12-23(3,11-7-13-25-16-14-24(4)15-17-25)27-21(19)18-8-5-6-9-20(18)26-22/h5-6,8-9,19,21H,10,12-17H2,1-4H3/p+2/t19-,21+,23-/m0/s1. The Bertz CT molecular complexity index is 742. The van der Waals surface area contributed by atoms with Crippen LogP contribution >= 0.6 is 0 Å². The number of para-hydroxylation sites is 1. The summed E-state index contributed by atoms with van der Waals surface area (Å²) in [7, 11) is 2.28. The molecule has 3 atom stereocenters. The molecule has 0 unspecified atom stereocenters. The Hall–Kier alpha value is -1.54. The van der Waals surface area contributed by atoms with Gasteiger partial charge in [-0.2, -0.15) is 0 Å². The summed E-state index contributed by atoms with van der Waals surface area (Å²) >= 11 is 0. The molecule has 0 amide bonds. The highest BCUT2D eigenvalue weighted by Crippen LogP contribution is 2.52. The van der Waals surface area contributed by atoms with Crippen molar-refractivity contribution in [2.24, 2.45) is 5.92 Å². The second-order valence-corrected chi connectivity index (χ2v) is 9.34. The van der Waals surface area contributed by atoms with Crippen LogP contribution in [0.4, 0.5) is 0 Å². The molecule has 4 heteroatoms. The van der Waals surface area contributed by atoms with Crippen molar-refractivity contribution in [2.75, 3.05) is 39.8 Å². The second-order valence-electron chi connectivity index (χ2n) is 9.34. The topological polar surface area (TPSA) is 27.3 Å². The normalized spacial score (nSPS) is 37.2. The predicted molar refractivity (Wildman–Crippen MR) is 106 cm³/mol. The number of piperazine rings is 1. The smallest absolute Gasteiger partial charge is 0.139 e.